The molecule has 4 heteroatoms. The molecule has 0 aliphatic heterocycles. The molecule has 1 rings (SSSR count). The van der Waals surface area contributed by atoms with Crippen molar-refractivity contribution in [2.24, 2.45) is 0 Å². The Morgan fingerprint density at radius 1 is 1.33 bits per heavy atom. The van der Waals surface area contributed by atoms with Crippen molar-refractivity contribution in [3.8, 4) is 0 Å². The van der Waals surface area contributed by atoms with Gasteiger partial charge in [-0.1, -0.05) is 23.7 Å². The van der Waals surface area contributed by atoms with Crippen LogP contribution in [0, 0.1) is 0 Å². The Bertz CT molecular complexity index is 352. The molecule has 0 saturated heterocycles. The van der Waals surface area contributed by atoms with E-state index in [9.17, 15) is 4.79 Å². The van der Waals surface area contributed by atoms with Crippen LogP contribution in [0.2, 0.25) is 5.02 Å². The maximum atomic E-state index is 11.6. The SMILES string of the molecule is CN(C)C(=O)N(C)Cc1cccc(Cl)c1. The Morgan fingerprint density at radius 3 is 2.53 bits per heavy atom. The minimum absolute atomic E-state index is 0.0185. The first-order chi connectivity index (χ1) is 7.00. The van der Waals surface area contributed by atoms with Gasteiger partial charge in [0.15, 0.2) is 0 Å². The van der Waals surface area contributed by atoms with Crippen LogP contribution in [0.3, 0.4) is 0 Å². The molecule has 0 N–H and O–H groups in total. The molecular weight excluding hydrogens is 212 g/mol. The first-order valence-electron chi connectivity index (χ1n) is 4.67. The zero-order valence-electron chi connectivity index (χ0n) is 9.20. The Morgan fingerprint density at radius 2 is 2.00 bits per heavy atom. The number of urea groups is 1. The van der Waals surface area contributed by atoms with Crippen LogP contribution in [0.15, 0.2) is 24.3 Å². The number of benzene rings is 1. The van der Waals surface area contributed by atoms with E-state index >= 15 is 0 Å². The van der Waals surface area contributed by atoms with Gasteiger partial charge in [0.05, 0.1) is 0 Å². The van der Waals surface area contributed by atoms with Crippen LogP contribution >= 0.6 is 11.6 Å². The molecule has 0 fully saturated rings. The van der Waals surface area contributed by atoms with Crippen molar-refractivity contribution in [1.29, 1.82) is 0 Å². The van der Waals surface area contributed by atoms with Gasteiger partial charge in [-0.05, 0) is 17.7 Å². The lowest BCUT2D eigenvalue weighted by molar-refractivity contribution is 0.180. The normalized spacial score (nSPS) is 9.87. The molecule has 0 aliphatic rings. The van der Waals surface area contributed by atoms with Gasteiger partial charge in [0.25, 0.3) is 0 Å². The van der Waals surface area contributed by atoms with E-state index < -0.39 is 0 Å². The highest BCUT2D eigenvalue weighted by Crippen LogP contribution is 2.12. The number of carbonyl (C=O) groups is 1. The molecule has 0 aromatic heterocycles. The fourth-order valence-corrected chi connectivity index (χ4v) is 1.53. The molecule has 0 spiro atoms. The molecule has 0 atom stereocenters. The van der Waals surface area contributed by atoms with Crippen molar-refractivity contribution in [1.82, 2.24) is 9.80 Å². The van der Waals surface area contributed by atoms with E-state index in [1.165, 1.54) is 0 Å². The van der Waals surface area contributed by atoms with Gasteiger partial charge in [0.2, 0.25) is 0 Å². The molecule has 0 aliphatic carbocycles. The fraction of sp³-hybridized carbons (Fsp3) is 0.364. The summed E-state index contributed by atoms with van der Waals surface area (Å²) in [6.07, 6.45) is 0. The van der Waals surface area contributed by atoms with Gasteiger partial charge in [0, 0.05) is 32.7 Å². The highest BCUT2D eigenvalue weighted by atomic mass is 35.5. The number of hydrogen-bond acceptors (Lipinski definition) is 1. The van der Waals surface area contributed by atoms with E-state index in [0.29, 0.717) is 11.6 Å². The summed E-state index contributed by atoms with van der Waals surface area (Å²) in [5.41, 5.74) is 1.03. The summed E-state index contributed by atoms with van der Waals surface area (Å²) < 4.78 is 0. The largest absolute Gasteiger partial charge is 0.331 e. The van der Waals surface area contributed by atoms with Gasteiger partial charge in [-0.2, -0.15) is 0 Å². The zero-order valence-corrected chi connectivity index (χ0v) is 9.95. The van der Waals surface area contributed by atoms with Crippen molar-refractivity contribution >= 4 is 17.6 Å². The maximum Gasteiger partial charge on any atom is 0.319 e. The van der Waals surface area contributed by atoms with Gasteiger partial charge >= 0.3 is 6.03 Å². The first-order valence-corrected chi connectivity index (χ1v) is 5.05. The van der Waals surface area contributed by atoms with Gasteiger partial charge in [-0.15, -0.1) is 0 Å². The Labute approximate surface area is 95.2 Å². The highest BCUT2D eigenvalue weighted by Gasteiger charge is 2.10. The second-order valence-electron chi connectivity index (χ2n) is 3.66. The molecule has 1 aromatic carbocycles. The second-order valence-corrected chi connectivity index (χ2v) is 4.10. The lowest BCUT2D eigenvalue weighted by Crippen LogP contribution is -2.35. The van der Waals surface area contributed by atoms with Gasteiger partial charge < -0.3 is 9.80 Å². The summed E-state index contributed by atoms with van der Waals surface area (Å²) in [6.45, 7) is 0.567. The Hall–Kier alpha value is -1.22. The quantitative estimate of drug-likeness (QED) is 0.760. The van der Waals surface area contributed by atoms with Crippen molar-refractivity contribution < 1.29 is 4.79 Å². The second kappa shape index (κ2) is 5.03. The molecule has 0 saturated carbocycles. The fourth-order valence-electron chi connectivity index (χ4n) is 1.32. The van der Waals surface area contributed by atoms with E-state index in [1.807, 2.05) is 24.3 Å². The Kier molecular flexibility index (Phi) is 3.97. The van der Waals surface area contributed by atoms with E-state index in [0.717, 1.165) is 5.56 Å². The Balaban J connectivity index is 2.66. The topological polar surface area (TPSA) is 23.6 Å². The first kappa shape index (κ1) is 11.9. The standard InChI is InChI=1S/C11H15ClN2O/c1-13(2)11(15)14(3)8-9-5-4-6-10(12)7-9/h4-7H,8H2,1-3H3. The third-order valence-corrected chi connectivity index (χ3v) is 2.25. The number of hydrogen-bond donors (Lipinski definition) is 0. The average molecular weight is 227 g/mol. The van der Waals surface area contributed by atoms with E-state index in [2.05, 4.69) is 0 Å². The molecule has 82 valence electrons. The molecule has 3 nitrogen and oxygen atoms in total. The van der Waals surface area contributed by atoms with E-state index in [1.54, 1.807) is 30.9 Å². The molecule has 15 heavy (non-hydrogen) atoms. The molecule has 2 amide bonds. The summed E-state index contributed by atoms with van der Waals surface area (Å²) in [6, 6.07) is 7.49. The number of nitrogens with zero attached hydrogens (tertiary/aromatic N) is 2. The summed E-state index contributed by atoms with van der Waals surface area (Å²) >= 11 is 5.86. The predicted molar refractivity (Wildman–Crippen MR) is 62.0 cm³/mol. The predicted octanol–water partition coefficient (Wildman–Crippen LogP) is 2.45. The number of amides is 2. The van der Waals surface area contributed by atoms with Crippen LogP contribution in [0.5, 0.6) is 0 Å². The van der Waals surface area contributed by atoms with E-state index in [4.69, 9.17) is 11.6 Å². The van der Waals surface area contributed by atoms with E-state index in [-0.39, 0.29) is 6.03 Å². The molecular formula is C11H15ClN2O. The minimum Gasteiger partial charge on any atom is -0.331 e. The summed E-state index contributed by atoms with van der Waals surface area (Å²) in [7, 11) is 5.23. The van der Waals surface area contributed by atoms with Crippen molar-refractivity contribution in [3.63, 3.8) is 0 Å². The maximum absolute atomic E-state index is 11.6. The number of carbonyl (C=O) groups excluding carboxylic acids is 1. The average Bonchev–Trinajstić information content (AvgIpc) is 2.16. The molecule has 1 aromatic rings. The van der Waals surface area contributed by atoms with Crippen LogP contribution < -0.4 is 0 Å². The highest BCUT2D eigenvalue weighted by molar-refractivity contribution is 6.30. The lowest BCUT2D eigenvalue weighted by atomic mass is 10.2. The van der Waals surface area contributed by atoms with Gasteiger partial charge in [0.1, 0.15) is 0 Å². The van der Waals surface area contributed by atoms with Crippen LogP contribution in [0.1, 0.15) is 5.56 Å². The van der Waals surface area contributed by atoms with Crippen molar-refractivity contribution in [3.05, 3.63) is 34.9 Å². The van der Waals surface area contributed by atoms with Crippen LogP contribution in [-0.2, 0) is 6.54 Å². The lowest BCUT2D eigenvalue weighted by Gasteiger charge is -2.21. The van der Waals surface area contributed by atoms with Gasteiger partial charge in [-0.3, -0.25) is 0 Å². The van der Waals surface area contributed by atoms with Crippen LogP contribution in [0.25, 0.3) is 0 Å². The summed E-state index contributed by atoms with van der Waals surface area (Å²) in [4.78, 5) is 14.7. The van der Waals surface area contributed by atoms with Crippen LogP contribution in [-0.4, -0.2) is 37.0 Å². The minimum atomic E-state index is -0.0185. The third-order valence-electron chi connectivity index (χ3n) is 2.02. The van der Waals surface area contributed by atoms with Crippen LogP contribution in [0.4, 0.5) is 4.79 Å². The molecule has 0 heterocycles. The number of halogens is 1. The molecule has 0 radical (unpaired) electrons. The van der Waals surface area contributed by atoms with Crippen molar-refractivity contribution in [2.45, 2.75) is 6.54 Å². The zero-order chi connectivity index (χ0) is 11.4. The van der Waals surface area contributed by atoms with Crippen molar-refractivity contribution in [2.75, 3.05) is 21.1 Å². The summed E-state index contributed by atoms with van der Waals surface area (Å²) in [5, 5.41) is 0.693. The molecule has 0 unspecified atom stereocenters. The number of rotatable bonds is 2. The van der Waals surface area contributed by atoms with Gasteiger partial charge in [-0.25, -0.2) is 4.79 Å². The smallest absolute Gasteiger partial charge is 0.319 e. The third kappa shape index (κ3) is 3.44. The monoisotopic (exact) mass is 226 g/mol. The molecule has 0 bridgehead atoms. The summed E-state index contributed by atoms with van der Waals surface area (Å²) in [5.74, 6) is 0.